The van der Waals surface area contributed by atoms with E-state index in [0.29, 0.717) is 0 Å². The predicted octanol–water partition coefficient (Wildman–Crippen LogP) is -4.41. The summed E-state index contributed by atoms with van der Waals surface area (Å²) in [6.07, 6.45) is 0. The van der Waals surface area contributed by atoms with Gasteiger partial charge in [0.1, 0.15) is 0 Å². The largest absolute Gasteiger partial charge is 0.412 e. The lowest BCUT2D eigenvalue weighted by Crippen LogP contribution is -1.69. The highest BCUT2D eigenvalue weighted by Gasteiger charge is 1.47. The van der Waals surface area contributed by atoms with Crippen molar-refractivity contribution < 1.29 is 51.8 Å². The molecule has 10 nitrogen and oxygen atoms in total. The van der Waals surface area contributed by atoms with Gasteiger partial charge in [0.25, 0.3) is 0 Å². The molecule has 0 spiro atoms. The molecule has 0 amide bonds. The fraction of sp³-hybridized carbons (Fsp3) is 0. The maximum atomic E-state index is 8.70. The molecule has 0 heterocycles. The molecule has 0 aromatic rings. The summed E-state index contributed by atoms with van der Waals surface area (Å²) in [4.78, 5) is 23.1. The Morgan fingerprint density at radius 2 is 0.846 bits per heavy atom. The third-order valence-corrected chi connectivity index (χ3v) is 0.0861. The summed E-state index contributed by atoms with van der Waals surface area (Å²) >= 11 is 0. The first-order valence-corrected chi connectivity index (χ1v) is 1.31. The van der Waals surface area contributed by atoms with Crippen LogP contribution in [-0.2, 0) is 19.4 Å². The Morgan fingerprint density at radius 3 is 0.846 bits per heavy atom. The fourth-order valence-corrected chi connectivity index (χ4v) is 0. The van der Waals surface area contributed by atoms with Gasteiger partial charge >= 0.3 is 12.9 Å². The van der Waals surface area contributed by atoms with Gasteiger partial charge in [-0.25, -0.2) is 10.5 Å². The molecule has 10 N–H and O–H groups in total. The van der Waals surface area contributed by atoms with Gasteiger partial charge in [-0.3, -0.25) is 9.59 Å². The second-order valence-electron chi connectivity index (χ2n) is 0.403. The maximum absolute atomic E-state index is 8.70. The van der Waals surface area contributed by atoms with Crippen molar-refractivity contribution in [3.8, 4) is 0 Å². The average molecular weight is 220 g/mol. The van der Waals surface area contributed by atoms with E-state index in [-0.39, 0.29) is 57.9 Å². The minimum absolute atomic E-state index is 0. The quantitative estimate of drug-likeness (QED) is 0.202. The summed E-state index contributed by atoms with van der Waals surface area (Å²) in [5, 5.41) is 14.0. The van der Waals surface area contributed by atoms with E-state index in [2.05, 4.69) is 9.78 Å². The smallest absolute Gasteiger partial charge is 0.330 e. The summed E-state index contributed by atoms with van der Waals surface area (Å²) in [5.74, 6) is 0. The second-order valence-corrected chi connectivity index (χ2v) is 0.403. The van der Waals surface area contributed by atoms with Gasteiger partial charge in [0, 0.05) is 23.1 Å². The van der Waals surface area contributed by atoms with Crippen LogP contribution in [0, 0.1) is 0 Å². The highest BCUT2D eigenvalue weighted by Crippen LogP contribution is 1.34. The monoisotopic (exact) mass is 220 g/mol. The van der Waals surface area contributed by atoms with Crippen molar-refractivity contribution in [1.82, 2.24) is 0 Å². The number of hydrogen-bond acceptors (Lipinski definition) is 6. The van der Waals surface area contributed by atoms with Crippen LogP contribution in [-0.4, -0.2) is 68.4 Å². The summed E-state index contributed by atoms with van der Waals surface area (Å²) in [7, 11) is 0. The third kappa shape index (κ3) is 478. The van der Waals surface area contributed by atoms with Crippen LogP contribution in [0.2, 0.25) is 0 Å². The molecule has 0 aliphatic carbocycles. The highest BCUT2D eigenvalue weighted by molar-refractivity contribution is 5.75. The minimum Gasteiger partial charge on any atom is -0.412 e. The van der Waals surface area contributed by atoms with Crippen LogP contribution in [0.4, 0.5) is 0 Å². The molecule has 0 aliphatic heterocycles. The summed E-state index contributed by atoms with van der Waals surface area (Å²) in [5.41, 5.74) is 0. The van der Waals surface area contributed by atoms with Gasteiger partial charge in [-0.2, -0.15) is 0 Å². The molecule has 0 fully saturated rings. The molecule has 13 heavy (non-hydrogen) atoms. The lowest BCUT2D eigenvalue weighted by molar-refractivity contribution is -0.217. The molecule has 0 saturated heterocycles. The minimum atomic E-state index is -0.0694. The van der Waals surface area contributed by atoms with Gasteiger partial charge in [-0.1, -0.05) is 0 Å². The van der Waals surface area contributed by atoms with E-state index in [4.69, 9.17) is 20.1 Å². The summed E-state index contributed by atoms with van der Waals surface area (Å²) in [6.45, 7) is -0.139. The lowest BCUT2D eigenvalue weighted by Gasteiger charge is -1.63. The van der Waals surface area contributed by atoms with E-state index >= 15 is 0 Å². The molecular formula is C2H12MgO10. The van der Waals surface area contributed by atoms with Crippen LogP contribution >= 0.6 is 0 Å². The van der Waals surface area contributed by atoms with Crippen LogP contribution < -0.4 is 0 Å². The third-order valence-electron chi connectivity index (χ3n) is 0.0861. The van der Waals surface area contributed by atoms with E-state index in [1.165, 1.54) is 0 Å². The molecule has 82 valence electrons. The van der Waals surface area contributed by atoms with Crippen molar-refractivity contribution in [2.75, 3.05) is 0 Å². The average Bonchev–Trinajstić information content (AvgIpc) is 1.88. The maximum Gasteiger partial charge on any atom is 0.330 e. The first-order chi connectivity index (χ1) is 3.83. The van der Waals surface area contributed by atoms with Gasteiger partial charge < -0.3 is 31.7 Å². The zero-order valence-corrected chi connectivity index (χ0v) is 7.80. The molecule has 0 aliphatic rings. The van der Waals surface area contributed by atoms with Crippen LogP contribution in [0.1, 0.15) is 0 Å². The summed E-state index contributed by atoms with van der Waals surface area (Å²) in [6, 6.07) is 0. The topological polar surface area (TPSA) is 219 Å². The van der Waals surface area contributed by atoms with Gasteiger partial charge in [0.15, 0.2) is 0 Å². The number of rotatable bonds is 2. The van der Waals surface area contributed by atoms with E-state index in [1.54, 1.807) is 0 Å². The van der Waals surface area contributed by atoms with Crippen molar-refractivity contribution in [3.05, 3.63) is 0 Å². The van der Waals surface area contributed by atoms with E-state index in [9.17, 15) is 0 Å². The molecule has 0 unspecified atom stereocenters. The second kappa shape index (κ2) is 105. The van der Waals surface area contributed by atoms with Crippen molar-refractivity contribution >= 4 is 36.0 Å². The SMILES string of the molecule is O.O.O.O.O=COO.O=COO.[Mg]. The van der Waals surface area contributed by atoms with Gasteiger partial charge in [-0.15, -0.1) is 0 Å². The normalized spacial score (nSPS) is 3.23. The number of carbonyl (C=O) groups is 2. The molecule has 2 radical (unpaired) electrons. The van der Waals surface area contributed by atoms with Crippen LogP contribution in [0.25, 0.3) is 0 Å². The molecule has 0 atom stereocenters. The Balaban J connectivity index is -0.00000000800. The van der Waals surface area contributed by atoms with Crippen LogP contribution in [0.5, 0.6) is 0 Å². The first-order valence-electron chi connectivity index (χ1n) is 1.31. The van der Waals surface area contributed by atoms with E-state index < -0.39 is 0 Å². The zero-order valence-electron chi connectivity index (χ0n) is 6.39. The molecule has 0 bridgehead atoms. The first kappa shape index (κ1) is 54.9. The van der Waals surface area contributed by atoms with Gasteiger partial charge in [-0.05, 0) is 0 Å². The van der Waals surface area contributed by atoms with E-state index in [0.717, 1.165) is 0 Å². The Labute approximate surface area is 88.3 Å². The molecule has 0 aromatic heterocycles. The Hall–Kier alpha value is -0.534. The standard InChI is InChI=1S/2CH2O3.Mg.4H2O/c2*2-1-4-3;;;;;/h2*1,3H;;4*1H2. The highest BCUT2D eigenvalue weighted by atomic mass is 24.3. The molecule has 0 rings (SSSR count). The molecule has 0 aromatic carbocycles. The van der Waals surface area contributed by atoms with Crippen molar-refractivity contribution in [2.45, 2.75) is 0 Å². The van der Waals surface area contributed by atoms with Gasteiger partial charge in [0.2, 0.25) is 0 Å². The number of carbonyl (C=O) groups excluding carboxylic acids is 2. The van der Waals surface area contributed by atoms with Gasteiger partial charge in [0.05, 0.1) is 0 Å². The summed E-state index contributed by atoms with van der Waals surface area (Å²) < 4.78 is 0. The van der Waals surface area contributed by atoms with E-state index in [1.807, 2.05) is 0 Å². The molecule has 11 heteroatoms. The Bertz CT molecular complexity index is 48.9. The van der Waals surface area contributed by atoms with Crippen molar-refractivity contribution in [1.29, 1.82) is 0 Å². The fourth-order valence-electron chi connectivity index (χ4n) is 0. The number of hydrogen-bond donors (Lipinski definition) is 2. The Kier molecular flexibility index (Phi) is 441. The molecule has 0 saturated carbocycles. The van der Waals surface area contributed by atoms with Crippen LogP contribution in [0.3, 0.4) is 0 Å². The lowest BCUT2D eigenvalue weighted by atomic mass is 11.7. The Morgan fingerprint density at radius 1 is 0.769 bits per heavy atom. The van der Waals surface area contributed by atoms with Crippen LogP contribution in [0.15, 0.2) is 0 Å². The predicted molar refractivity (Wildman–Crippen MR) is 39.8 cm³/mol. The van der Waals surface area contributed by atoms with Crippen molar-refractivity contribution in [2.24, 2.45) is 0 Å². The molecular weight excluding hydrogens is 208 g/mol. The van der Waals surface area contributed by atoms with Crippen molar-refractivity contribution in [3.63, 3.8) is 0 Å². The zero-order chi connectivity index (χ0) is 6.83.